The van der Waals surface area contributed by atoms with Gasteiger partial charge in [0, 0.05) is 13.0 Å². The van der Waals surface area contributed by atoms with Crippen LogP contribution >= 0.6 is 0 Å². The molecule has 41 heavy (non-hydrogen) atoms. The number of alkyl carbamates (subject to hydrolysis) is 1. The van der Waals surface area contributed by atoms with Crippen molar-refractivity contribution >= 4 is 32.6 Å². The summed E-state index contributed by atoms with van der Waals surface area (Å²) < 4.78 is 17.0. The van der Waals surface area contributed by atoms with Crippen molar-refractivity contribution in [3.05, 3.63) is 12.2 Å². The van der Waals surface area contributed by atoms with Gasteiger partial charge >= 0.3 is 12.1 Å². The van der Waals surface area contributed by atoms with E-state index in [1.807, 2.05) is 6.92 Å². The first-order chi connectivity index (χ1) is 19.0. The van der Waals surface area contributed by atoms with Gasteiger partial charge in [0.05, 0.1) is 24.7 Å². The monoisotopic (exact) mass is 594 g/mol. The van der Waals surface area contributed by atoms with E-state index in [-0.39, 0.29) is 34.9 Å². The molecule has 1 N–H and O–H groups in total. The Morgan fingerprint density at radius 3 is 2.32 bits per heavy atom. The molecule has 0 spiro atoms. The van der Waals surface area contributed by atoms with Crippen LogP contribution in [-0.2, 0) is 28.3 Å². The van der Waals surface area contributed by atoms with Crippen LogP contribution in [0.15, 0.2) is 12.2 Å². The number of carbonyl (C=O) groups excluding carboxylic acids is 4. The molecule has 9 nitrogen and oxygen atoms in total. The van der Waals surface area contributed by atoms with Gasteiger partial charge in [-0.05, 0) is 77.4 Å². The molecule has 0 aromatic carbocycles. The maximum absolute atomic E-state index is 13.7. The molecule has 2 rings (SSSR count). The summed E-state index contributed by atoms with van der Waals surface area (Å²) in [4.78, 5) is 51.7. The molecule has 10 heteroatoms. The topological polar surface area (TPSA) is 111 Å². The Morgan fingerprint density at radius 2 is 1.73 bits per heavy atom. The maximum Gasteiger partial charge on any atom is 0.408 e. The average Bonchev–Trinajstić information content (AvgIpc) is 3.51. The number of carbonyl (C=O) groups is 4. The number of hydrogen-bond acceptors (Lipinski definition) is 7. The number of allylic oxidation sites excluding steroid dienone is 2. The highest BCUT2D eigenvalue weighted by Crippen LogP contribution is 2.41. The molecule has 0 unspecified atom stereocenters. The highest BCUT2D eigenvalue weighted by Gasteiger charge is 2.45. The summed E-state index contributed by atoms with van der Waals surface area (Å²) in [6, 6.07) is -1.36. The SMILES string of the molecule is CCOC(=O)[C@H]1C[C@H]1/C=C\CCCCC[C@H](NC(=O)OC(C)(C)C)C(=O)N1C[C@H](O[Si](C)(C)C(C)(C)C)C[C@H]1C=O. The van der Waals surface area contributed by atoms with E-state index in [1.54, 1.807) is 25.7 Å². The molecule has 0 radical (unpaired) electrons. The van der Waals surface area contributed by atoms with Crippen molar-refractivity contribution in [1.29, 1.82) is 0 Å². The molecule has 1 heterocycles. The molecule has 0 bridgehead atoms. The summed E-state index contributed by atoms with van der Waals surface area (Å²) in [5.74, 6) is -0.0923. The second kappa shape index (κ2) is 14.8. The first kappa shape index (κ1) is 35.0. The van der Waals surface area contributed by atoms with Gasteiger partial charge in [-0.2, -0.15) is 0 Å². The van der Waals surface area contributed by atoms with Crippen molar-refractivity contribution in [2.45, 2.75) is 135 Å². The van der Waals surface area contributed by atoms with E-state index in [1.165, 1.54) is 0 Å². The highest BCUT2D eigenvalue weighted by molar-refractivity contribution is 6.74. The minimum Gasteiger partial charge on any atom is -0.466 e. The fourth-order valence-electron chi connectivity index (χ4n) is 4.80. The number of ether oxygens (including phenoxy) is 2. The van der Waals surface area contributed by atoms with Crippen LogP contribution < -0.4 is 5.32 Å². The zero-order valence-corrected chi connectivity index (χ0v) is 27.8. The normalized spacial score (nSPS) is 23.8. The molecule has 1 saturated carbocycles. The lowest BCUT2D eigenvalue weighted by atomic mass is 10.1. The number of rotatable bonds is 14. The number of nitrogens with one attached hydrogen (secondary N) is 1. The molecule has 1 saturated heterocycles. The molecule has 5 atom stereocenters. The van der Waals surface area contributed by atoms with Crippen LogP contribution in [0.5, 0.6) is 0 Å². The van der Waals surface area contributed by atoms with Gasteiger partial charge in [-0.25, -0.2) is 4.79 Å². The van der Waals surface area contributed by atoms with E-state index in [9.17, 15) is 19.2 Å². The fraction of sp³-hybridized carbons (Fsp3) is 0.806. The van der Waals surface area contributed by atoms with Crippen LogP contribution in [0.4, 0.5) is 4.79 Å². The lowest BCUT2D eigenvalue weighted by molar-refractivity contribution is -0.144. The number of esters is 1. The number of unbranched alkanes of at least 4 members (excludes halogenated alkanes) is 3. The van der Waals surface area contributed by atoms with Crippen LogP contribution in [0.3, 0.4) is 0 Å². The van der Waals surface area contributed by atoms with Crippen molar-refractivity contribution < 1.29 is 33.1 Å². The van der Waals surface area contributed by atoms with Crippen molar-refractivity contribution in [3.63, 3.8) is 0 Å². The third-order valence-electron chi connectivity index (χ3n) is 8.18. The largest absolute Gasteiger partial charge is 0.466 e. The molecule has 2 amide bonds. The molecule has 234 valence electrons. The number of nitrogens with zero attached hydrogens (tertiary/aromatic N) is 1. The molecule has 1 aliphatic heterocycles. The van der Waals surface area contributed by atoms with E-state index in [0.29, 0.717) is 26.0 Å². The summed E-state index contributed by atoms with van der Waals surface area (Å²) in [7, 11) is -2.08. The van der Waals surface area contributed by atoms with Gasteiger partial charge < -0.3 is 28.9 Å². The van der Waals surface area contributed by atoms with Gasteiger partial charge in [-0.15, -0.1) is 0 Å². The Morgan fingerprint density at radius 1 is 1.05 bits per heavy atom. The number of likely N-dealkylation sites (tertiary alicyclic amines) is 1. The molecule has 2 fully saturated rings. The molecule has 1 aliphatic carbocycles. The first-order valence-corrected chi connectivity index (χ1v) is 18.2. The van der Waals surface area contributed by atoms with Crippen LogP contribution in [0.2, 0.25) is 18.1 Å². The van der Waals surface area contributed by atoms with E-state index < -0.39 is 32.1 Å². The van der Waals surface area contributed by atoms with Crippen LogP contribution in [0.1, 0.15) is 93.4 Å². The fourth-order valence-corrected chi connectivity index (χ4v) is 6.16. The van der Waals surface area contributed by atoms with Gasteiger partial charge in [-0.1, -0.05) is 45.8 Å². The van der Waals surface area contributed by atoms with Gasteiger partial charge in [0.15, 0.2) is 8.32 Å². The summed E-state index contributed by atoms with van der Waals surface area (Å²) in [6.07, 6.45) is 9.39. The lowest BCUT2D eigenvalue weighted by Crippen LogP contribution is -2.51. The highest BCUT2D eigenvalue weighted by atomic mass is 28.4. The smallest absolute Gasteiger partial charge is 0.408 e. The quantitative estimate of drug-likeness (QED) is 0.0893. The summed E-state index contributed by atoms with van der Waals surface area (Å²) in [6.45, 7) is 18.7. The van der Waals surface area contributed by atoms with Crippen LogP contribution in [0.25, 0.3) is 0 Å². The number of aldehydes is 1. The van der Waals surface area contributed by atoms with Crippen molar-refractivity contribution in [1.82, 2.24) is 10.2 Å². The first-order valence-electron chi connectivity index (χ1n) is 15.3. The Kier molecular flexibility index (Phi) is 12.6. The Balaban J connectivity index is 1.95. The van der Waals surface area contributed by atoms with Gasteiger partial charge in [0.25, 0.3) is 0 Å². The Hall–Kier alpha value is -2.20. The van der Waals surface area contributed by atoms with E-state index in [0.717, 1.165) is 38.4 Å². The predicted octanol–water partition coefficient (Wildman–Crippen LogP) is 5.78. The Labute approximate surface area is 248 Å². The maximum atomic E-state index is 13.7. The van der Waals surface area contributed by atoms with E-state index in [4.69, 9.17) is 13.9 Å². The van der Waals surface area contributed by atoms with Crippen molar-refractivity contribution in [2.24, 2.45) is 11.8 Å². The Bertz CT molecular complexity index is 938. The molecule has 2 aliphatic rings. The molecular formula is C31H54N2O7Si. The van der Waals surface area contributed by atoms with Crippen LogP contribution in [0, 0.1) is 11.8 Å². The molecular weight excluding hydrogens is 540 g/mol. The standard InChI is InChI=1S/C31H54N2O7Si/c1-10-38-28(36)25-18-22(25)16-14-12-11-13-15-17-26(32-29(37)39-30(2,3)4)27(35)33-20-24(19-23(33)21-34)40-41(8,9)31(5,6)7/h14,16,21-26H,10-13,15,17-20H2,1-9H3,(H,32,37)/b16-14-/t22-,23+,24-,25+,26+/m1/s1. The minimum absolute atomic E-state index is 0.00422. The van der Waals surface area contributed by atoms with Crippen molar-refractivity contribution in [2.75, 3.05) is 13.2 Å². The average molecular weight is 595 g/mol. The summed E-state index contributed by atoms with van der Waals surface area (Å²) in [5.41, 5.74) is -0.695. The van der Waals surface area contributed by atoms with Crippen LogP contribution in [-0.4, -0.2) is 74.4 Å². The predicted molar refractivity (Wildman–Crippen MR) is 162 cm³/mol. The second-order valence-corrected chi connectivity index (χ2v) is 18.7. The van der Waals surface area contributed by atoms with Crippen molar-refractivity contribution in [3.8, 4) is 0 Å². The summed E-state index contributed by atoms with van der Waals surface area (Å²) in [5, 5.41) is 2.79. The van der Waals surface area contributed by atoms with Gasteiger partial charge in [-0.3, -0.25) is 9.59 Å². The van der Waals surface area contributed by atoms with Gasteiger partial charge in [0.1, 0.15) is 17.9 Å². The number of amides is 2. The van der Waals surface area contributed by atoms with Gasteiger partial charge in [0.2, 0.25) is 5.91 Å². The zero-order valence-electron chi connectivity index (χ0n) is 26.8. The molecule has 0 aromatic rings. The molecule has 0 aromatic heterocycles. The van der Waals surface area contributed by atoms with E-state index >= 15 is 0 Å². The number of hydrogen-bond donors (Lipinski definition) is 1. The minimum atomic E-state index is -2.08. The third kappa shape index (κ3) is 11.2. The lowest BCUT2D eigenvalue weighted by Gasteiger charge is -2.38. The second-order valence-electron chi connectivity index (χ2n) is 14.0. The van der Waals surface area contributed by atoms with E-state index in [2.05, 4.69) is 51.3 Å². The zero-order chi connectivity index (χ0) is 31.0. The third-order valence-corrected chi connectivity index (χ3v) is 12.7. The summed E-state index contributed by atoms with van der Waals surface area (Å²) >= 11 is 0.